The fourth-order valence-corrected chi connectivity index (χ4v) is 3.83. The van der Waals surface area contributed by atoms with Crippen LogP contribution in [0.2, 0.25) is 0 Å². The first-order valence-electron chi connectivity index (χ1n) is 8.66. The monoisotopic (exact) mass is 359 g/mol. The molecule has 1 aliphatic rings. The highest BCUT2D eigenvalue weighted by atomic mass is 32.1. The van der Waals surface area contributed by atoms with Crippen molar-refractivity contribution in [2.45, 2.75) is 19.4 Å². The summed E-state index contributed by atoms with van der Waals surface area (Å²) in [6.45, 7) is 3.97. The topological polar surface area (TPSA) is 53.6 Å². The van der Waals surface area contributed by atoms with Gasteiger partial charge in [0, 0.05) is 29.7 Å². The van der Waals surface area contributed by atoms with Crippen LogP contribution in [-0.4, -0.2) is 37.7 Å². The van der Waals surface area contributed by atoms with Gasteiger partial charge in [0.15, 0.2) is 0 Å². The van der Waals surface area contributed by atoms with Crippen molar-refractivity contribution in [3.8, 4) is 5.75 Å². The second-order valence-corrected chi connectivity index (χ2v) is 7.40. The molecule has 0 saturated carbocycles. The number of piperidine rings is 1. The van der Waals surface area contributed by atoms with Crippen molar-refractivity contribution in [2.75, 3.05) is 32.1 Å². The summed E-state index contributed by atoms with van der Waals surface area (Å²) in [5, 5.41) is 7.98. The van der Waals surface area contributed by atoms with E-state index in [-0.39, 0.29) is 6.03 Å². The van der Waals surface area contributed by atoms with Gasteiger partial charge in [-0.25, -0.2) is 4.79 Å². The van der Waals surface area contributed by atoms with Crippen molar-refractivity contribution in [1.82, 2.24) is 10.2 Å². The number of anilines is 1. The van der Waals surface area contributed by atoms with Crippen molar-refractivity contribution in [1.29, 1.82) is 0 Å². The molecular formula is C19H25N3O2S. The molecule has 5 nitrogen and oxygen atoms in total. The third kappa shape index (κ3) is 5.47. The zero-order valence-corrected chi connectivity index (χ0v) is 15.3. The molecule has 2 N–H and O–H groups in total. The number of ether oxygens (including phenoxy) is 1. The van der Waals surface area contributed by atoms with E-state index in [1.807, 2.05) is 35.6 Å². The van der Waals surface area contributed by atoms with Crippen LogP contribution < -0.4 is 15.4 Å². The van der Waals surface area contributed by atoms with E-state index in [1.54, 1.807) is 7.11 Å². The maximum Gasteiger partial charge on any atom is 0.319 e. The molecule has 2 amide bonds. The Bertz CT molecular complexity index is 667. The maximum atomic E-state index is 12.1. The fraction of sp³-hybridized carbons (Fsp3) is 0.421. The molecule has 0 atom stereocenters. The molecule has 2 heterocycles. The number of hydrogen-bond donors (Lipinski definition) is 2. The number of urea groups is 1. The summed E-state index contributed by atoms with van der Waals surface area (Å²) in [6.07, 6.45) is 2.26. The Morgan fingerprint density at radius 2 is 2.12 bits per heavy atom. The van der Waals surface area contributed by atoms with Gasteiger partial charge in [0.1, 0.15) is 5.75 Å². The Balaban J connectivity index is 1.37. The molecule has 0 aliphatic carbocycles. The van der Waals surface area contributed by atoms with Gasteiger partial charge < -0.3 is 15.4 Å². The van der Waals surface area contributed by atoms with E-state index in [0.29, 0.717) is 5.92 Å². The van der Waals surface area contributed by atoms with Gasteiger partial charge in [0.2, 0.25) is 0 Å². The molecule has 0 unspecified atom stereocenters. The van der Waals surface area contributed by atoms with Crippen LogP contribution in [0.3, 0.4) is 0 Å². The molecule has 1 aromatic heterocycles. The van der Waals surface area contributed by atoms with Gasteiger partial charge in [-0.2, -0.15) is 0 Å². The first-order valence-corrected chi connectivity index (χ1v) is 9.54. The van der Waals surface area contributed by atoms with Crippen LogP contribution in [0.4, 0.5) is 10.5 Å². The molecule has 1 aliphatic heterocycles. The van der Waals surface area contributed by atoms with Crippen molar-refractivity contribution >= 4 is 23.1 Å². The number of thiophene rings is 1. The number of nitrogens with one attached hydrogen (secondary N) is 2. The molecule has 0 spiro atoms. The number of carbonyl (C=O) groups is 1. The first kappa shape index (κ1) is 17.8. The van der Waals surface area contributed by atoms with Gasteiger partial charge in [0.05, 0.1) is 7.11 Å². The van der Waals surface area contributed by atoms with E-state index in [4.69, 9.17) is 4.74 Å². The molecule has 25 heavy (non-hydrogen) atoms. The number of hydrogen-bond acceptors (Lipinski definition) is 4. The Hall–Kier alpha value is -2.05. The quantitative estimate of drug-likeness (QED) is 0.825. The summed E-state index contributed by atoms with van der Waals surface area (Å²) < 4.78 is 5.16. The van der Waals surface area contributed by atoms with E-state index in [2.05, 4.69) is 33.0 Å². The summed E-state index contributed by atoms with van der Waals surface area (Å²) in [5.74, 6) is 1.28. The summed E-state index contributed by atoms with van der Waals surface area (Å²) in [7, 11) is 1.62. The fourth-order valence-electron chi connectivity index (χ4n) is 3.08. The number of carbonyl (C=O) groups excluding carboxylic acids is 1. The first-order chi connectivity index (χ1) is 12.2. The summed E-state index contributed by atoms with van der Waals surface area (Å²) >= 11 is 1.82. The summed E-state index contributed by atoms with van der Waals surface area (Å²) in [6, 6.07) is 11.5. The second-order valence-electron chi connectivity index (χ2n) is 6.37. The lowest BCUT2D eigenvalue weighted by Gasteiger charge is -2.31. The zero-order chi connectivity index (χ0) is 17.5. The molecule has 0 bridgehead atoms. The number of rotatable bonds is 6. The van der Waals surface area contributed by atoms with Crippen LogP contribution in [0.1, 0.15) is 17.7 Å². The minimum atomic E-state index is -0.158. The maximum absolute atomic E-state index is 12.1. The van der Waals surface area contributed by atoms with Crippen molar-refractivity contribution in [2.24, 2.45) is 5.92 Å². The van der Waals surface area contributed by atoms with Crippen LogP contribution in [0.25, 0.3) is 0 Å². The van der Waals surface area contributed by atoms with Crippen LogP contribution in [-0.2, 0) is 6.54 Å². The van der Waals surface area contributed by atoms with E-state index in [0.717, 1.165) is 50.5 Å². The number of benzene rings is 1. The molecular weight excluding hydrogens is 334 g/mol. The Labute approximate surface area is 153 Å². The average Bonchev–Trinajstić information content (AvgIpc) is 3.14. The Morgan fingerprint density at radius 3 is 2.84 bits per heavy atom. The van der Waals surface area contributed by atoms with Crippen LogP contribution in [0, 0.1) is 5.92 Å². The van der Waals surface area contributed by atoms with E-state index in [1.165, 1.54) is 4.88 Å². The van der Waals surface area contributed by atoms with Gasteiger partial charge in [-0.15, -0.1) is 11.3 Å². The number of methoxy groups -OCH3 is 1. The third-order valence-electron chi connectivity index (χ3n) is 4.55. The van der Waals surface area contributed by atoms with Gasteiger partial charge in [-0.05, 0) is 55.4 Å². The van der Waals surface area contributed by atoms with Gasteiger partial charge in [-0.1, -0.05) is 12.1 Å². The minimum Gasteiger partial charge on any atom is -0.497 e. The molecule has 1 aromatic carbocycles. The largest absolute Gasteiger partial charge is 0.497 e. The number of likely N-dealkylation sites (tertiary alicyclic amines) is 1. The molecule has 1 saturated heterocycles. The molecule has 2 aromatic rings. The third-order valence-corrected chi connectivity index (χ3v) is 5.41. The summed E-state index contributed by atoms with van der Waals surface area (Å²) in [5.41, 5.74) is 0.739. The normalized spacial score (nSPS) is 15.7. The predicted octanol–water partition coefficient (Wildman–Crippen LogP) is 3.79. The predicted molar refractivity (Wildman–Crippen MR) is 102 cm³/mol. The highest BCUT2D eigenvalue weighted by Crippen LogP contribution is 2.20. The summed E-state index contributed by atoms with van der Waals surface area (Å²) in [4.78, 5) is 16.0. The van der Waals surface area contributed by atoms with E-state index >= 15 is 0 Å². The number of nitrogens with zero attached hydrogens (tertiary/aromatic N) is 1. The lowest BCUT2D eigenvalue weighted by molar-refractivity contribution is 0.177. The van der Waals surface area contributed by atoms with Crippen LogP contribution in [0.15, 0.2) is 41.8 Å². The highest BCUT2D eigenvalue weighted by Gasteiger charge is 2.20. The average molecular weight is 359 g/mol. The van der Waals surface area contributed by atoms with Gasteiger partial charge >= 0.3 is 6.03 Å². The second kappa shape index (κ2) is 8.87. The Kier molecular flexibility index (Phi) is 6.30. The lowest BCUT2D eigenvalue weighted by atomic mass is 9.97. The standard InChI is InChI=1S/C19H25N3O2S/c1-24-17-5-2-4-16(12-17)21-19(23)20-13-15-7-9-22(10-8-15)14-18-6-3-11-25-18/h2-6,11-12,15H,7-10,13-14H2,1H3,(H2,20,21,23). The molecule has 134 valence electrons. The van der Waals surface area contributed by atoms with Gasteiger partial charge in [-0.3, -0.25) is 4.90 Å². The van der Waals surface area contributed by atoms with Crippen LogP contribution in [0.5, 0.6) is 5.75 Å². The van der Waals surface area contributed by atoms with E-state index in [9.17, 15) is 4.79 Å². The van der Waals surface area contributed by atoms with Gasteiger partial charge in [0.25, 0.3) is 0 Å². The number of amides is 2. The highest BCUT2D eigenvalue weighted by molar-refractivity contribution is 7.09. The molecule has 1 fully saturated rings. The lowest BCUT2D eigenvalue weighted by Crippen LogP contribution is -2.39. The van der Waals surface area contributed by atoms with E-state index < -0.39 is 0 Å². The molecule has 0 radical (unpaired) electrons. The minimum absolute atomic E-state index is 0.158. The SMILES string of the molecule is COc1cccc(NC(=O)NCC2CCN(Cc3cccs3)CC2)c1. The zero-order valence-electron chi connectivity index (χ0n) is 14.5. The van der Waals surface area contributed by atoms with Crippen molar-refractivity contribution < 1.29 is 9.53 Å². The van der Waals surface area contributed by atoms with Crippen molar-refractivity contribution in [3.63, 3.8) is 0 Å². The smallest absolute Gasteiger partial charge is 0.319 e. The molecule has 3 rings (SSSR count). The Morgan fingerprint density at radius 1 is 1.28 bits per heavy atom. The van der Waals surface area contributed by atoms with Crippen LogP contribution >= 0.6 is 11.3 Å². The molecule has 6 heteroatoms. The van der Waals surface area contributed by atoms with Crippen molar-refractivity contribution in [3.05, 3.63) is 46.7 Å².